The van der Waals surface area contributed by atoms with Crippen molar-refractivity contribution < 1.29 is 13.2 Å². The molecule has 0 saturated carbocycles. The van der Waals surface area contributed by atoms with E-state index in [0.29, 0.717) is 25.2 Å². The van der Waals surface area contributed by atoms with Crippen LogP contribution in [0.5, 0.6) is 0 Å². The molecule has 16 heavy (non-hydrogen) atoms. The maximum Gasteiger partial charge on any atom is 0.393 e. The fourth-order valence-corrected chi connectivity index (χ4v) is 2.64. The normalized spacial score (nSPS) is 29.1. The average molecular weight is 237 g/mol. The number of hydrogen-bond donors (Lipinski definition) is 1. The summed E-state index contributed by atoms with van der Waals surface area (Å²) in [5, 5.41) is 3.05. The van der Waals surface area contributed by atoms with Gasteiger partial charge < -0.3 is 5.32 Å². The summed E-state index contributed by atoms with van der Waals surface area (Å²) in [5.74, 6) is -0.758. The first-order chi connectivity index (χ1) is 7.45. The van der Waals surface area contributed by atoms with Crippen LogP contribution in [0.4, 0.5) is 13.2 Å². The highest BCUT2D eigenvalue weighted by Crippen LogP contribution is 2.36. The van der Waals surface area contributed by atoms with Crippen molar-refractivity contribution in [2.24, 2.45) is 11.8 Å². The third kappa shape index (κ3) is 3.96. The van der Waals surface area contributed by atoms with E-state index >= 15 is 0 Å². The fraction of sp³-hybridized carbons (Fsp3) is 1.00. The third-order valence-electron chi connectivity index (χ3n) is 3.44. The van der Waals surface area contributed by atoms with Crippen LogP contribution in [-0.4, -0.2) is 18.8 Å². The lowest BCUT2D eigenvalue weighted by atomic mass is 9.84. The van der Waals surface area contributed by atoms with Crippen LogP contribution in [0.15, 0.2) is 0 Å². The highest BCUT2D eigenvalue weighted by atomic mass is 19.4. The van der Waals surface area contributed by atoms with Crippen molar-refractivity contribution in [1.82, 2.24) is 5.32 Å². The molecule has 0 aromatic carbocycles. The Labute approximate surface area is 95.8 Å². The molecule has 3 atom stereocenters. The van der Waals surface area contributed by atoms with Crippen molar-refractivity contribution in [3.8, 4) is 0 Å². The van der Waals surface area contributed by atoms with Gasteiger partial charge in [0.1, 0.15) is 0 Å². The third-order valence-corrected chi connectivity index (χ3v) is 3.44. The van der Waals surface area contributed by atoms with E-state index in [2.05, 4.69) is 12.2 Å². The van der Waals surface area contributed by atoms with E-state index in [1.807, 2.05) is 6.92 Å². The van der Waals surface area contributed by atoms with Gasteiger partial charge in [-0.2, -0.15) is 13.2 Å². The molecule has 96 valence electrons. The van der Waals surface area contributed by atoms with E-state index in [1.165, 1.54) is 0 Å². The number of piperidine rings is 1. The summed E-state index contributed by atoms with van der Waals surface area (Å²) in [4.78, 5) is 0. The summed E-state index contributed by atoms with van der Waals surface area (Å²) in [6.07, 6.45) is -0.391. The SMILES string of the molecule is CCCC(C)CC1NCCCC1C(F)(F)F. The topological polar surface area (TPSA) is 12.0 Å². The Balaban J connectivity index is 2.53. The molecule has 0 bridgehead atoms. The van der Waals surface area contributed by atoms with Crippen LogP contribution < -0.4 is 5.32 Å². The van der Waals surface area contributed by atoms with Crippen molar-refractivity contribution >= 4 is 0 Å². The molecule has 1 nitrogen and oxygen atoms in total. The number of halogens is 3. The molecule has 0 aromatic heterocycles. The predicted molar refractivity (Wildman–Crippen MR) is 59.3 cm³/mol. The second-order valence-corrected chi connectivity index (χ2v) is 4.98. The smallest absolute Gasteiger partial charge is 0.313 e. The molecule has 1 fully saturated rings. The number of nitrogens with one attached hydrogen (secondary N) is 1. The maximum atomic E-state index is 12.8. The molecule has 0 aliphatic carbocycles. The standard InChI is InChI=1S/C12H22F3N/c1-3-5-9(2)8-11-10(12(13,14)15)6-4-7-16-11/h9-11,16H,3-8H2,1-2H3. The van der Waals surface area contributed by atoms with E-state index in [-0.39, 0.29) is 6.04 Å². The molecule has 3 unspecified atom stereocenters. The first-order valence-electron chi connectivity index (χ1n) is 6.25. The summed E-state index contributed by atoms with van der Waals surface area (Å²) in [5.41, 5.74) is 0. The second-order valence-electron chi connectivity index (χ2n) is 4.98. The van der Waals surface area contributed by atoms with Crippen LogP contribution in [0.25, 0.3) is 0 Å². The van der Waals surface area contributed by atoms with E-state index in [0.717, 1.165) is 19.4 Å². The van der Waals surface area contributed by atoms with Crippen molar-refractivity contribution in [1.29, 1.82) is 0 Å². The average Bonchev–Trinajstić information content (AvgIpc) is 2.17. The van der Waals surface area contributed by atoms with Crippen molar-refractivity contribution in [3.63, 3.8) is 0 Å². The Morgan fingerprint density at radius 2 is 2.06 bits per heavy atom. The van der Waals surface area contributed by atoms with Gasteiger partial charge >= 0.3 is 6.18 Å². The van der Waals surface area contributed by atoms with Gasteiger partial charge in [0.15, 0.2) is 0 Å². The first-order valence-corrected chi connectivity index (χ1v) is 6.25. The van der Waals surface area contributed by atoms with Gasteiger partial charge in [0.2, 0.25) is 0 Å². The lowest BCUT2D eigenvalue weighted by molar-refractivity contribution is -0.189. The van der Waals surface area contributed by atoms with Gasteiger partial charge in [-0.1, -0.05) is 26.7 Å². The zero-order valence-corrected chi connectivity index (χ0v) is 10.1. The summed E-state index contributed by atoms with van der Waals surface area (Å²) in [6.45, 7) is 4.86. The molecule has 1 aliphatic rings. The molecular formula is C12H22F3N. The lowest BCUT2D eigenvalue weighted by Crippen LogP contribution is -2.48. The Kier molecular flexibility index (Phi) is 5.09. The molecule has 1 rings (SSSR count). The van der Waals surface area contributed by atoms with Crippen LogP contribution in [0.1, 0.15) is 46.0 Å². The highest BCUT2D eigenvalue weighted by Gasteiger charge is 2.45. The van der Waals surface area contributed by atoms with Crippen LogP contribution in [0, 0.1) is 11.8 Å². The second kappa shape index (κ2) is 5.89. The van der Waals surface area contributed by atoms with Crippen LogP contribution >= 0.6 is 0 Å². The predicted octanol–water partition coefficient (Wildman–Crippen LogP) is 3.74. The minimum Gasteiger partial charge on any atom is -0.313 e. The molecule has 0 radical (unpaired) electrons. The van der Waals surface area contributed by atoms with Crippen molar-refractivity contribution in [2.45, 2.75) is 58.2 Å². The Morgan fingerprint density at radius 1 is 1.38 bits per heavy atom. The molecule has 0 aromatic rings. The zero-order valence-electron chi connectivity index (χ0n) is 10.1. The Morgan fingerprint density at radius 3 is 2.62 bits per heavy atom. The van der Waals surface area contributed by atoms with Gasteiger partial charge in [0.05, 0.1) is 5.92 Å². The summed E-state index contributed by atoms with van der Waals surface area (Å²) >= 11 is 0. The fourth-order valence-electron chi connectivity index (χ4n) is 2.64. The van der Waals surface area contributed by atoms with Crippen molar-refractivity contribution in [3.05, 3.63) is 0 Å². The monoisotopic (exact) mass is 237 g/mol. The molecule has 1 saturated heterocycles. The van der Waals surface area contributed by atoms with E-state index in [4.69, 9.17) is 0 Å². The molecule has 1 aliphatic heterocycles. The molecule has 0 amide bonds. The largest absolute Gasteiger partial charge is 0.393 e. The highest BCUT2D eigenvalue weighted by molar-refractivity contribution is 4.86. The van der Waals surface area contributed by atoms with E-state index in [9.17, 15) is 13.2 Å². The number of alkyl halides is 3. The quantitative estimate of drug-likeness (QED) is 0.785. The minimum absolute atomic E-state index is 0.292. The number of rotatable bonds is 4. The molecule has 1 heterocycles. The molecule has 0 spiro atoms. The minimum atomic E-state index is -4.04. The molecule has 1 N–H and O–H groups in total. The van der Waals surface area contributed by atoms with Crippen LogP contribution in [0.2, 0.25) is 0 Å². The first kappa shape index (κ1) is 13.8. The van der Waals surface area contributed by atoms with Gasteiger partial charge in [0, 0.05) is 6.04 Å². The van der Waals surface area contributed by atoms with E-state index < -0.39 is 12.1 Å². The zero-order chi connectivity index (χ0) is 12.2. The van der Waals surface area contributed by atoms with Crippen LogP contribution in [0.3, 0.4) is 0 Å². The van der Waals surface area contributed by atoms with Gasteiger partial charge in [0.25, 0.3) is 0 Å². The van der Waals surface area contributed by atoms with Gasteiger partial charge in [-0.25, -0.2) is 0 Å². The summed E-state index contributed by atoms with van der Waals surface area (Å²) in [6, 6.07) is -0.365. The number of hydrogen-bond acceptors (Lipinski definition) is 1. The van der Waals surface area contributed by atoms with Gasteiger partial charge in [-0.15, -0.1) is 0 Å². The Bertz CT molecular complexity index is 203. The molecule has 4 heteroatoms. The summed E-state index contributed by atoms with van der Waals surface area (Å²) < 4.78 is 38.4. The lowest BCUT2D eigenvalue weighted by Gasteiger charge is -2.35. The Hall–Kier alpha value is -0.250. The molecular weight excluding hydrogens is 215 g/mol. The van der Waals surface area contributed by atoms with Gasteiger partial charge in [-0.05, 0) is 31.7 Å². The summed E-state index contributed by atoms with van der Waals surface area (Å²) in [7, 11) is 0. The van der Waals surface area contributed by atoms with E-state index in [1.54, 1.807) is 0 Å². The maximum absolute atomic E-state index is 12.8. The van der Waals surface area contributed by atoms with Crippen molar-refractivity contribution in [2.75, 3.05) is 6.54 Å². The van der Waals surface area contributed by atoms with Gasteiger partial charge in [-0.3, -0.25) is 0 Å². The van der Waals surface area contributed by atoms with Crippen LogP contribution in [-0.2, 0) is 0 Å².